The molecule has 1 saturated heterocycles. The molecule has 1 aromatic carbocycles. The predicted octanol–water partition coefficient (Wildman–Crippen LogP) is 6.51. The first kappa shape index (κ1) is 23.9. The lowest BCUT2D eigenvalue weighted by Crippen LogP contribution is -2.43. The van der Waals surface area contributed by atoms with Gasteiger partial charge in [-0.25, -0.2) is 15.0 Å². The second-order valence-electron chi connectivity index (χ2n) is 10.3. The van der Waals surface area contributed by atoms with E-state index in [-0.39, 0.29) is 5.41 Å². The molecule has 4 heterocycles. The number of ether oxygens (including phenoxy) is 1. The number of nitrogens with zero attached hydrogens (tertiary/aromatic N) is 5. The summed E-state index contributed by atoms with van der Waals surface area (Å²) in [7, 11) is 1.63. The summed E-state index contributed by atoms with van der Waals surface area (Å²) in [6.45, 7) is 6.39. The minimum Gasteiger partial charge on any atom is -0.481 e. The maximum absolute atomic E-state index is 6.11. The van der Waals surface area contributed by atoms with Gasteiger partial charge in [0.2, 0.25) is 5.88 Å². The van der Waals surface area contributed by atoms with E-state index in [0.29, 0.717) is 5.88 Å². The molecule has 1 fully saturated rings. The highest BCUT2D eigenvalue weighted by atomic mass is 35.5. The highest BCUT2D eigenvalue weighted by Crippen LogP contribution is 2.43. The average molecular weight is 512 g/mol. The molecule has 37 heavy (non-hydrogen) atoms. The van der Waals surface area contributed by atoms with Crippen LogP contribution in [0.2, 0.25) is 5.02 Å². The number of aromatic nitrogens is 3. The van der Waals surface area contributed by atoms with Crippen LogP contribution in [0.25, 0.3) is 17.2 Å². The van der Waals surface area contributed by atoms with Crippen LogP contribution < -0.4 is 9.64 Å². The largest absolute Gasteiger partial charge is 0.481 e. The number of benzene rings is 1. The molecule has 3 aliphatic rings. The third-order valence-electron chi connectivity index (χ3n) is 8.08. The number of anilines is 1. The minimum absolute atomic E-state index is 0.0813. The zero-order valence-corrected chi connectivity index (χ0v) is 22.2. The lowest BCUT2D eigenvalue weighted by Gasteiger charge is -2.40. The second kappa shape index (κ2) is 9.42. The van der Waals surface area contributed by atoms with E-state index in [2.05, 4.69) is 53.0 Å². The number of allylic oxidation sites excluding steroid dienone is 3. The van der Waals surface area contributed by atoms with Crippen LogP contribution in [0.15, 0.2) is 59.6 Å². The number of piperidine rings is 1. The van der Waals surface area contributed by atoms with Crippen molar-refractivity contribution < 1.29 is 4.74 Å². The van der Waals surface area contributed by atoms with E-state index >= 15 is 0 Å². The van der Waals surface area contributed by atoms with Gasteiger partial charge in [0, 0.05) is 65.6 Å². The normalized spacial score (nSPS) is 18.5. The molecule has 0 unspecified atom stereocenters. The number of hydrogen-bond acceptors (Lipinski definition) is 6. The maximum atomic E-state index is 6.11. The smallest absolute Gasteiger partial charge is 0.212 e. The Bertz CT molecular complexity index is 1430. The van der Waals surface area contributed by atoms with Gasteiger partial charge in [-0.2, -0.15) is 0 Å². The molecule has 1 aliphatic carbocycles. The third-order valence-corrected chi connectivity index (χ3v) is 8.33. The highest BCUT2D eigenvalue weighted by Gasteiger charge is 2.38. The predicted molar refractivity (Wildman–Crippen MR) is 150 cm³/mol. The van der Waals surface area contributed by atoms with Gasteiger partial charge in [0.05, 0.1) is 12.8 Å². The summed E-state index contributed by atoms with van der Waals surface area (Å²) in [5.74, 6) is 1.65. The van der Waals surface area contributed by atoms with Crippen molar-refractivity contribution in [2.45, 2.75) is 39.5 Å². The first-order valence-corrected chi connectivity index (χ1v) is 13.1. The molecule has 7 heteroatoms. The quantitative estimate of drug-likeness (QED) is 0.390. The topological polar surface area (TPSA) is 63.5 Å². The van der Waals surface area contributed by atoms with Crippen LogP contribution in [0.5, 0.6) is 5.88 Å². The molecule has 0 spiro atoms. The van der Waals surface area contributed by atoms with E-state index in [4.69, 9.17) is 26.3 Å². The highest BCUT2D eigenvalue weighted by molar-refractivity contribution is 6.30. The van der Waals surface area contributed by atoms with Crippen LogP contribution in [-0.2, 0) is 6.42 Å². The Morgan fingerprint density at radius 2 is 1.70 bits per heavy atom. The van der Waals surface area contributed by atoms with Gasteiger partial charge < -0.3 is 9.64 Å². The van der Waals surface area contributed by atoms with E-state index < -0.39 is 0 Å². The van der Waals surface area contributed by atoms with Crippen molar-refractivity contribution in [3.8, 4) is 5.88 Å². The Balaban J connectivity index is 1.17. The van der Waals surface area contributed by atoms with Gasteiger partial charge >= 0.3 is 0 Å². The van der Waals surface area contributed by atoms with Crippen LogP contribution in [0, 0.1) is 5.41 Å². The van der Waals surface area contributed by atoms with Gasteiger partial charge in [-0.05, 0) is 66.3 Å². The Hall–Kier alpha value is -3.51. The van der Waals surface area contributed by atoms with E-state index in [1.165, 1.54) is 22.4 Å². The second-order valence-corrected chi connectivity index (χ2v) is 10.8. The van der Waals surface area contributed by atoms with Crippen LogP contribution in [-0.4, -0.2) is 40.9 Å². The fourth-order valence-electron chi connectivity index (χ4n) is 5.66. The van der Waals surface area contributed by atoms with Gasteiger partial charge in [-0.3, -0.25) is 4.99 Å². The van der Waals surface area contributed by atoms with E-state index in [0.717, 1.165) is 72.1 Å². The summed E-state index contributed by atoms with van der Waals surface area (Å²) in [5.41, 5.74) is 9.56. The fourth-order valence-corrected chi connectivity index (χ4v) is 5.79. The molecule has 6 rings (SSSR count). The SMILES string of the molecule is COc1ccc(C2=Cc3c(ncnc3N3CCC(C)(C4=NC(C)=C(c5ccc(Cl)cc5)C4)CC3)C2)cn1. The average Bonchev–Trinajstić information content (AvgIpc) is 3.54. The minimum atomic E-state index is 0.0813. The van der Waals surface area contributed by atoms with Crippen LogP contribution in [0.1, 0.15) is 55.5 Å². The fraction of sp³-hybridized carbons (Fsp3) is 0.333. The van der Waals surface area contributed by atoms with Gasteiger partial charge in [-0.1, -0.05) is 30.7 Å². The van der Waals surface area contributed by atoms with Crippen molar-refractivity contribution in [2.75, 3.05) is 25.1 Å². The summed E-state index contributed by atoms with van der Waals surface area (Å²) < 4.78 is 5.21. The van der Waals surface area contributed by atoms with Crippen LogP contribution >= 0.6 is 11.6 Å². The zero-order chi connectivity index (χ0) is 25.6. The molecule has 2 aromatic heterocycles. The van der Waals surface area contributed by atoms with Crippen molar-refractivity contribution in [2.24, 2.45) is 10.4 Å². The molecule has 0 N–H and O–H groups in total. The number of aliphatic imine (C=N–C) groups is 1. The molecule has 188 valence electrons. The van der Waals surface area contributed by atoms with Crippen LogP contribution in [0.4, 0.5) is 5.82 Å². The Morgan fingerprint density at radius 1 is 0.946 bits per heavy atom. The molecule has 0 atom stereocenters. The summed E-state index contributed by atoms with van der Waals surface area (Å²) in [4.78, 5) is 21.2. The number of hydrogen-bond donors (Lipinski definition) is 0. The Kier molecular flexibility index (Phi) is 6.07. The Morgan fingerprint density at radius 3 is 2.41 bits per heavy atom. The maximum Gasteiger partial charge on any atom is 0.212 e. The summed E-state index contributed by atoms with van der Waals surface area (Å²) in [6, 6.07) is 12.1. The van der Waals surface area contributed by atoms with Crippen molar-refractivity contribution in [1.29, 1.82) is 0 Å². The first-order chi connectivity index (χ1) is 17.9. The number of rotatable bonds is 5. The van der Waals surface area contributed by atoms with Crippen molar-refractivity contribution in [3.63, 3.8) is 0 Å². The van der Waals surface area contributed by atoms with Crippen LogP contribution in [0.3, 0.4) is 0 Å². The third kappa shape index (κ3) is 4.44. The van der Waals surface area contributed by atoms with E-state index in [1.807, 2.05) is 24.4 Å². The summed E-state index contributed by atoms with van der Waals surface area (Å²) in [5, 5.41) is 0.763. The van der Waals surface area contributed by atoms with Gasteiger partial charge in [0.15, 0.2) is 0 Å². The number of fused-ring (bicyclic) bond motifs is 1. The number of pyridine rings is 1. The number of methoxy groups -OCH3 is 1. The molecule has 0 radical (unpaired) electrons. The van der Waals surface area contributed by atoms with Crippen molar-refractivity contribution >= 4 is 40.4 Å². The zero-order valence-electron chi connectivity index (χ0n) is 21.5. The summed E-state index contributed by atoms with van der Waals surface area (Å²) >= 11 is 6.11. The molecule has 0 amide bonds. The molecule has 3 aromatic rings. The lowest BCUT2D eigenvalue weighted by molar-refractivity contribution is 0.351. The van der Waals surface area contributed by atoms with E-state index in [1.54, 1.807) is 13.4 Å². The summed E-state index contributed by atoms with van der Waals surface area (Å²) in [6.07, 6.45) is 9.60. The monoisotopic (exact) mass is 511 g/mol. The first-order valence-electron chi connectivity index (χ1n) is 12.8. The van der Waals surface area contributed by atoms with E-state index in [9.17, 15) is 0 Å². The standard InChI is InChI=1S/C30H30ClN5O/c1-19-24(20-4-7-23(31)8-5-20)16-27(35-19)30(2)10-12-36(13-11-30)29-25-14-22(15-26(25)33-18-34-29)21-6-9-28(37-3)32-17-21/h4-9,14,17-18H,10-13,15-16H2,1-3H3. The van der Waals surface area contributed by atoms with Crippen molar-refractivity contribution in [1.82, 2.24) is 15.0 Å². The van der Waals surface area contributed by atoms with Gasteiger partial charge in [0.1, 0.15) is 12.1 Å². The van der Waals surface area contributed by atoms with Gasteiger partial charge in [-0.15, -0.1) is 0 Å². The molecular weight excluding hydrogens is 482 g/mol. The lowest BCUT2D eigenvalue weighted by atomic mass is 9.74. The molecule has 0 saturated carbocycles. The molecular formula is C30H30ClN5O. The Labute approximate surface area is 222 Å². The van der Waals surface area contributed by atoms with Crippen molar-refractivity contribution in [3.05, 3.63) is 82.0 Å². The molecule has 2 aliphatic heterocycles. The molecule has 0 bridgehead atoms. The van der Waals surface area contributed by atoms with Gasteiger partial charge in [0.25, 0.3) is 0 Å². The molecule has 6 nitrogen and oxygen atoms in total. The number of halogens is 1.